The molecule has 2 atom stereocenters. The highest BCUT2D eigenvalue weighted by molar-refractivity contribution is 5.17. The van der Waals surface area contributed by atoms with Gasteiger partial charge in [0.1, 0.15) is 5.76 Å². The van der Waals surface area contributed by atoms with E-state index in [1.807, 2.05) is 6.26 Å². The summed E-state index contributed by atoms with van der Waals surface area (Å²) in [4.78, 5) is 2.59. The molecule has 0 saturated carbocycles. The van der Waals surface area contributed by atoms with Gasteiger partial charge in [-0.2, -0.15) is 0 Å². The largest absolute Gasteiger partial charge is 0.468 e. The number of rotatable bonds is 4. The van der Waals surface area contributed by atoms with E-state index >= 15 is 0 Å². The predicted octanol–water partition coefficient (Wildman–Crippen LogP) is 3.79. The first-order valence-corrected chi connectivity index (χ1v) is 7.89. The lowest BCUT2D eigenvalue weighted by molar-refractivity contribution is 0.121. The first kappa shape index (κ1) is 15.6. The predicted molar refractivity (Wildman–Crippen MR) is 83.6 cm³/mol. The van der Waals surface area contributed by atoms with Crippen LogP contribution in [0, 0.1) is 5.92 Å². The average Bonchev–Trinajstić information content (AvgIpc) is 2.77. The van der Waals surface area contributed by atoms with Crippen molar-refractivity contribution >= 4 is 0 Å². The second-order valence-corrected chi connectivity index (χ2v) is 7.42. The molecule has 1 N–H and O–H groups in total. The second-order valence-electron chi connectivity index (χ2n) is 7.42. The van der Waals surface area contributed by atoms with Crippen molar-refractivity contribution in [2.75, 3.05) is 6.54 Å². The van der Waals surface area contributed by atoms with Crippen molar-refractivity contribution in [2.45, 2.75) is 72.1 Å². The van der Waals surface area contributed by atoms with Gasteiger partial charge < -0.3 is 9.73 Å². The lowest BCUT2D eigenvalue weighted by Gasteiger charge is -2.36. The molecule has 0 aliphatic carbocycles. The quantitative estimate of drug-likeness (QED) is 0.908. The van der Waals surface area contributed by atoms with E-state index in [0.29, 0.717) is 6.04 Å². The summed E-state index contributed by atoms with van der Waals surface area (Å²) >= 11 is 0. The van der Waals surface area contributed by atoms with E-state index in [2.05, 4.69) is 50.9 Å². The molecule has 1 aliphatic heterocycles. The Hall–Kier alpha value is -0.800. The normalized spacial score (nSPS) is 25.1. The molecule has 114 valence electrons. The van der Waals surface area contributed by atoms with Crippen molar-refractivity contribution < 1.29 is 4.42 Å². The van der Waals surface area contributed by atoms with Gasteiger partial charge in [-0.25, -0.2) is 0 Å². The molecule has 1 aliphatic rings. The van der Waals surface area contributed by atoms with Gasteiger partial charge in [0.25, 0.3) is 0 Å². The first-order valence-electron chi connectivity index (χ1n) is 7.89. The van der Waals surface area contributed by atoms with E-state index in [1.54, 1.807) is 0 Å². The molecule has 20 heavy (non-hydrogen) atoms. The Labute approximate surface area is 123 Å². The number of hydrogen-bond donors (Lipinski definition) is 1. The van der Waals surface area contributed by atoms with E-state index in [-0.39, 0.29) is 5.54 Å². The number of furan rings is 1. The maximum absolute atomic E-state index is 5.67. The first-order chi connectivity index (χ1) is 9.35. The van der Waals surface area contributed by atoms with Crippen molar-refractivity contribution in [1.29, 1.82) is 0 Å². The Bertz CT molecular complexity index is 419. The zero-order valence-corrected chi connectivity index (χ0v) is 13.7. The summed E-state index contributed by atoms with van der Waals surface area (Å²) in [5.41, 5.74) is 1.46. The minimum absolute atomic E-state index is 0.123. The third-order valence-electron chi connectivity index (χ3n) is 4.27. The summed E-state index contributed by atoms with van der Waals surface area (Å²) in [6.07, 6.45) is 4.46. The molecule has 2 rings (SSSR count). The van der Waals surface area contributed by atoms with Crippen LogP contribution >= 0.6 is 0 Å². The van der Waals surface area contributed by atoms with E-state index in [9.17, 15) is 0 Å². The van der Waals surface area contributed by atoms with Crippen LogP contribution in [0.4, 0.5) is 0 Å². The van der Waals surface area contributed by atoms with Crippen LogP contribution in [0.5, 0.6) is 0 Å². The standard InChI is InChI=1S/C17H30N2O/c1-13-6-8-19(14(2)10-13)12-15-7-9-20-16(15)11-18-17(3,4)5/h7,9,13-14,18H,6,8,10-12H2,1-5H3. The van der Waals surface area contributed by atoms with Crippen LogP contribution in [0.15, 0.2) is 16.7 Å². The molecule has 0 radical (unpaired) electrons. The van der Waals surface area contributed by atoms with Crippen molar-refractivity contribution in [1.82, 2.24) is 10.2 Å². The van der Waals surface area contributed by atoms with Gasteiger partial charge in [0.15, 0.2) is 0 Å². The fourth-order valence-corrected chi connectivity index (χ4v) is 2.92. The summed E-state index contributed by atoms with van der Waals surface area (Å²) in [5, 5.41) is 3.51. The number of nitrogens with zero attached hydrogens (tertiary/aromatic N) is 1. The van der Waals surface area contributed by atoms with Gasteiger partial charge in [-0.3, -0.25) is 4.90 Å². The zero-order valence-electron chi connectivity index (χ0n) is 13.7. The molecule has 1 aromatic rings. The van der Waals surface area contributed by atoms with E-state index in [0.717, 1.165) is 24.8 Å². The molecule has 0 aromatic carbocycles. The Morgan fingerprint density at radius 1 is 1.35 bits per heavy atom. The van der Waals surface area contributed by atoms with Crippen molar-refractivity contribution in [3.05, 3.63) is 23.7 Å². The molecular weight excluding hydrogens is 248 g/mol. The van der Waals surface area contributed by atoms with Gasteiger partial charge in [0.2, 0.25) is 0 Å². The molecule has 0 bridgehead atoms. The number of piperidine rings is 1. The average molecular weight is 278 g/mol. The number of likely N-dealkylation sites (tertiary alicyclic amines) is 1. The highest BCUT2D eigenvalue weighted by Crippen LogP contribution is 2.25. The van der Waals surface area contributed by atoms with Crippen LogP contribution in [0.3, 0.4) is 0 Å². The van der Waals surface area contributed by atoms with Gasteiger partial charge in [-0.05, 0) is 59.1 Å². The number of hydrogen-bond acceptors (Lipinski definition) is 3. The van der Waals surface area contributed by atoms with Crippen LogP contribution in [0.25, 0.3) is 0 Å². The van der Waals surface area contributed by atoms with Crippen LogP contribution in [-0.4, -0.2) is 23.0 Å². The molecule has 3 heteroatoms. The van der Waals surface area contributed by atoms with Crippen molar-refractivity contribution in [2.24, 2.45) is 5.92 Å². The number of nitrogens with one attached hydrogen (secondary N) is 1. The molecule has 0 amide bonds. The Kier molecular flexibility index (Phi) is 4.92. The summed E-state index contributed by atoms with van der Waals surface area (Å²) in [7, 11) is 0. The molecule has 1 fully saturated rings. The Morgan fingerprint density at radius 2 is 2.10 bits per heavy atom. The van der Waals surface area contributed by atoms with Crippen LogP contribution in [0.1, 0.15) is 58.8 Å². The summed E-state index contributed by atoms with van der Waals surface area (Å²) in [5.74, 6) is 1.96. The highest BCUT2D eigenvalue weighted by Gasteiger charge is 2.24. The third kappa shape index (κ3) is 4.35. The molecule has 0 spiro atoms. The zero-order chi connectivity index (χ0) is 14.8. The molecular formula is C17H30N2O. The maximum Gasteiger partial charge on any atom is 0.122 e. The minimum Gasteiger partial charge on any atom is -0.468 e. The summed E-state index contributed by atoms with van der Waals surface area (Å²) in [6, 6.07) is 2.81. The Balaban J connectivity index is 1.95. The van der Waals surface area contributed by atoms with E-state index in [1.165, 1.54) is 24.9 Å². The fraction of sp³-hybridized carbons (Fsp3) is 0.765. The van der Waals surface area contributed by atoms with Gasteiger partial charge in [-0.15, -0.1) is 0 Å². The molecule has 1 aromatic heterocycles. The molecule has 3 nitrogen and oxygen atoms in total. The topological polar surface area (TPSA) is 28.4 Å². The maximum atomic E-state index is 5.67. The van der Waals surface area contributed by atoms with Gasteiger partial charge >= 0.3 is 0 Å². The van der Waals surface area contributed by atoms with E-state index in [4.69, 9.17) is 4.42 Å². The van der Waals surface area contributed by atoms with Crippen LogP contribution < -0.4 is 5.32 Å². The molecule has 2 unspecified atom stereocenters. The SMILES string of the molecule is CC1CCN(Cc2ccoc2CNC(C)(C)C)C(C)C1. The van der Waals surface area contributed by atoms with Gasteiger partial charge in [-0.1, -0.05) is 6.92 Å². The lowest BCUT2D eigenvalue weighted by atomic mass is 9.93. The van der Waals surface area contributed by atoms with Gasteiger partial charge in [0, 0.05) is 23.7 Å². The summed E-state index contributed by atoms with van der Waals surface area (Å²) < 4.78 is 5.67. The molecule has 1 saturated heterocycles. The van der Waals surface area contributed by atoms with Crippen LogP contribution in [-0.2, 0) is 13.1 Å². The smallest absolute Gasteiger partial charge is 0.122 e. The van der Waals surface area contributed by atoms with Crippen LogP contribution in [0.2, 0.25) is 0 Å². The monoisotopic (exact) mass is 278 g/mol. The Morgan fingerprint density at radius 3 is 2.75 bits per heavy atom. The fourth-order valence-electron chi connectivity index (χ4n) is 2.92. The highest BCUT2D eigenvalue weighted by atomic mass is 16.3. The third-order valence-corrected chi connectivity index (χ3v) is 4.27. The minimum atomic E-state index is 0.123. The van der Waals surface area contributed by atoms with Gasteiger partial charge in [0.05, 0.1) is 12.8 Å². The summed E-state index contributed by atoms with van der Waals surface area (Å²) in [6.45, 7) is 14.3. The lowest BCUT2D eigenvalue weighted by Crippen LogP contribution is -2.40. The second kappa shape index (κ2) is 6.31. The van der Waals surface area contributed by atoms with Crippen molar-refractivity contribution in [3.8, 4) is 0 Å². The van der Waals surface area contributed by atoms with Crippen molar-refractivity contribution in [3.63, 3.8) is 0 Å². The molecule has 2 heterocycles. The van der Waals surface area contributed by atoms with E-state index < -0.39 is 0 Å².